The van der Waals surface area contributed by atoms with E-state index in [1.807, 2.05) is 0 Å². The molecular formula is C17H28N2. The number of piperidine rings is 1. The first-order valence-electron chi connectivity index (χ1n) is 7.62. The van der Waals surface area contributed by atoms with Crippen molar-refractivity contribution in [3.8, 4) is 0 Å². The first-order valence-corrected chi connectivity index (χ1v) is 7.62. The Morgan fingerprint density at radius 2 is 1.95 bits per heavy atom. The summed E-state index contributed by atoms with van der Waals surface area (Å²) in [6.45, 7) is 10.0. The number of hydrogen-bond acceptors (Lipinski definition) is 2. The van der Waals surface area contributed by atoms with Gasteiger partial charge in [-0.3, -0.25) is 0 Å². The monoisotopic (exact) mass is 260 g/mol. The normalized spacial score (nSPS) is 18.6. The van der Waals surface area contributed by atoms with Gasteiger partial charge in [0.2, 0.25) is 0 Å². The van der Waals surface area contributed by atoms with Gasteiger partial charge in [-0.2, -0.15) is 0 Å². The van der Waals surface area contributed by atoms with E-state index in [0.29, 0.717) is 5.41 Å². The van der Waals surface area contributed by atoms with Crippen molar-refractivity contribution in [3.63, 3.8) is 0 Å². The number of aryl methyl sites for hydroxylation is 1. The Kier molecular flexibility index (Phi) is 4.51. The van der Waals surface area contributed by atoms with Crippen LogP contribution in [0.5, 0.6) is 0 Å². The van der Waals surface area contributed by atoms with E-state index in [-0.39, 0.29) is 0 Å². The van der Waals surface area contributed by atoms with Gasteiger partial charge in [0.1, 0.15) is 0 Å². The standard InChI is InChI=1S/C17H28N2/c1-4-17(3)8-11-19(12-9-17)16-6-5-14(2)13-15(16)7-10-18/h5-6,13H,4,7-12,18H2,1-3H3. The topological polar surface area (TPSA) is 29.3 Å². The summed E-state index contributed by atoms with van der Waals surface area (Å²) in [4.78, 5) is 2.56. The molecule has 1 aliphatic heterocycles. The SMILES string of the molecule is CCC1(C)CCN(c2ccc(C)cc2CCN)CC1. The van der Waals surface area contributed by atoms with E-state index in [2.05, 4.69) is 43.9 Å². The predicted octanol–water partition coefficient (Wildman–Crippen LogP) is 3.51. The van der Waals surface area contributed by atoms with Crippen molar-refractivity contribution in [3.05, 3.63) is 29.3 Å². The Morgan fingerprint density at radius 1 is 1.26 bits per heavy atom. The van der Waals surface area contributed by atoms with Crippen LogP contribution in [0.25, 0.3) is 0 Å². The van der Waals surface area contributed by atoms with Crippen LogP contribution in [0.4, 0.5) is 5.69 Å². The molecule has 0 aliphatic carbocycles. The largest absolute Gasteiger partial charge is 0.371 e. The Hall–Kier alpha value is -1.02. The van der Waals surface area contributed by atoms with Crippen LogP contribution in [-0.2, 0) is 6.42 Å². The minimum Gasteiger partial charge on any atom is -0.371 e. The lowest BCUT2D eigenvalue weighted by atomic mass is 9.78. The maximum absolute atomic E-state index is 5.76. The third-order valence-corrected chi connectivity index (χ3v) is 4.81. The molecule has 0 radical (unpaired) electrons. The Labute approximate surface area is 118 Å². The summed E-state index contributed by atoms with van der Waals surface area (Å²) in [7, 11) is 0. The summed E-state index contributed by atoms with van der Waals surface area (Å²) in [5, 5.41) is 0. The van der Waals surface area contributed by atoms with E-state index >= 15 is 0 Å². The lowest BCUT2D eigenvalue weighted by Crippen LogP contribution is -2.39. The molecular weight excluding hydrogens is 232 g/mol. The van der Waals surface area contributed by atoms with Gasteiger partial charge in [0.25, 0.3) is 0 Å². The lowest BCUT2D eigenvalue weighted by molar-refractivity contribution is 0.238. The van der Waals surface area contributed by atoms with Gasteiger partial charge in [0.05, 0.1) is 0 Å². The molecule has 1 fully saturated rings. The van der Waals surface area contributed by atoms with Gasteiger partial charge in [0, 0.05) is 18.8 Å². The molecule has 1 saturated heterocycles. The number of anilines is 1. The summed E-state index contributed by atoms with van der Waals surface area (Å²) in [6, 6.07) is 6.81. The fourth-order valence-corrected chi connectivity index (χ4v) is 3.02. The summed E-state index contributed by atoms with van der Waals surface area (Å²) in [5.74, 6) is 0. The Morgan fingerprint density at radius 3 is 2.53 bits per heavy atom. The van der Waals surface area contributed by atoms with Gasteiger partial charge in [-0.15, -0.1) is 0 Å². The van der Waals surface area contributed by atoms with Crippen LogP contribution < -0.4 is 10.6 Å². The van der Waals surface area contributed by atoms with Crippen molar-refractivity contribution < 1.29 is 0 Å². The van der Waals surface area contributed by atoms with Crippen LogP contribution in [-0.4, -0.2) is 19.6 Å². The smallest absolute Gasteiger partial charge is 0.0399 e. The van der Waals surface area contributed by atoms with Crippen LogP contribution in [0.1, 0.15) is 44.2 Å². The zero-order chi connectivity index (χ0) is 13.9. The maximum Gasteiger partial charge on any atom is 0.0399 e. The van der Waals surface area contributed by atoms with E-state index < -0.39 is 0 Å². The number of hydrogen-bond donors (Lipinski definition) is 1. The molecule has 0 spiro atoms. The third-order valence-electron chi connectivity index (χ3n) is 4.81. The highest BCUT2D eigenvalue weighted by molar-refractivity contribution is 5.55. The van der Waals surface area contributed by atoms with Gasteiger partial charge in [-0.1, -0.05) is 38.0 Å². The molecule has 2 N–H and O–H groups in total. The van der Waals surface area contributed by atoms with E-state index in [0.717, 1.165) is 13.0 Å². The molecule has 19 heavy (non-hydrogen) atoms. The van der Waals surface area contributed by atoms with Gasteiger partial charge in [-0.25, -0.2) is 0 Å². The van der Waals surface area contributed by atoms with Crippen LogP contribution in [0.15, 0.2) is 18.2 Å². The van der Waals surface area contributed by atoms with Crippen molar-refractivity contribution in [2.24, 2.45) is 11.1 Å². The maximum atomic E-state index is 5.76. The second kappa shape index (κ2) is 5.96. The number of rotatable bonds is 4. The van der Waals surface area contributed by atoms with E-state index in [4.69, 9.17) is 5.73 Å². The molecule has 106 valence electrons. The van der Waals surface area contributed by atoms with Gasteiger partial charge in [0.15, 0.2) is 0 Å². The zero-order valence-electron chi connectivity index (χ0n) is 12.7. The average molecular weight is 260 g/mol. The fourth-order valence-electron chi connectivity index (χ4n) is 3.02. The first kappa shape index (κ1) is 14.4. The Balaban J connectivity index is 2.15. The van der Waals surface area contributed by atoms with Gasteiger partial charge in [-0.05, 0) is 49.8 Å². The van der Waals surface area contributed by atoms with Crippen LogP contribution in [0.2, 0.25) is 0 Å². The predicted molar refractivity (Wildman–Crippen MR) is 83.8 cm³/mol. The molecule has 1 aliphatic rings. The summed E-state index contributed by atoms with van der Waals surface area (Å²) in [6.07, 6.45) is 4.89. The number of benzene rings is 1. The van der Waals surface area contributed by atoms with Crippen molar-refractivity contribution in [1.82, 2.24) is 0 Å². The number of nitrogens with zero attached hydrogens (tertiary/aromatic N) is 1. The molecule has 2 rings (SSSR count). The van der Waals surface area contributed by atoms with E-state index in [9.17, 15) is 0 Å². The van der Waals surface area contributed by atoms with Crippen molar-refractivity contribution >= 4 is 5.69 Å². The van der Waals surface area contributed by atoms with Crippen molar-refractivity contribution in [2.45, 2.75) is 46.5 Å². The lowest BCUT2D eigenvalue weighted by Gasteiger charge is -2.40. The summed E-state index contributed by atoms with van der Waals surface area (Å²) >= 11 is 0. The minimum absolute atomic E-state index is 0.551. The molecule has 0 bridgehead atoms. The Bertz CT molecular complexity index is 417. The van der Waals surface area contributed by atoms with Crippen molar-refractivity contribution in [1.29, 1.82) is 0 Å². The van der Waals surface area contributed by atoms with Crippen LogP contribution >= 0.6 is 0 Å². The molecule has 0 atom stereocenters. The molecule has 2 heteroatoms. The van der Waals surface area contributed by atoms with Crippen LogP contribution in [0, 0.1) is 12.3 Å². The summed E-state index contributed by atoms with van der Waals surface area (Å²) in [5.41, 5.74) is 10.5. The van der Waals surface area contributed by atoms with Crippen LogP contribution in [0.3, 0.4) is 0 Å². The average Bonchev–Trinajstić information content (AvgIpc) is 2.41. The van der Waals surface area contributed by atoms with Gasteiger partial charge >= 0.3 is 0 Å². The molecule has 1 heterocycles. The molecule has 0 amide bonds. The molecule has 1 aromatic carbocycles. The molecule has 0 unspecified atom stereocenters. The molecule has 2 nitrogen and oxygen atoms in total. The molecule has 0 saturated carbocycles. The highest BCUT2D eigenvalue weighted by atomic mass is 15.1. The molecule has 0 aromatic heterocycles. The quantitative estimate of drug-likeness (QED) is 0.897. The molecule has 1 aromatic rings. The van der Waals surface area contributed by atoms with Gasteiger partial charge < -0.3 is 10.6 Å². The zero-order valence-corrected chi connectivity index (χ0v) is 12.7. The highest BCUT2D eigenvalue weighted by Gasteiger charge is 2.28. The second-order valence-corrected chi connectivity index (χ2v) is 6.32. The van der Waals surface area contributed by atoms with E-state index in [1.165, 1.54) is 49.2 Å². The van der Waals surface area contributed by atoms with E-state index in [1.54, 1.807) is 0 Å². The fraction of sp³-hybridized carbons (Fsp3) is 0.647. The number of nitrogens with two attached hydrogens (primary N) is 1. The minimum atomic E-state index is 0.551. The first-order chi connectivity index (χ1) is 9.08. The second-order valence-electron chi connectivity index (χ2n) is 6.32. The third kappa shape index (κ3) is 3.30. The van der Waals surface area contributed by atoms with Crippen molar-refractivity contribution in [2.75, 3.05) is 24.5 Å². The highest BCUT2D eigenvalue weighted by Crippen LogP contribution is 2.36. The summed E-state index contributed by atoms with van der Waals surface area (Å²) < 4.78 is 0.